The van der Waals surface area contributed by atoms with Crippen LogP contribution in [0.3, 0.4) is 0 Å². The Balaban J connectivity index is 1.79. The van der Waals surface area contributed by atoms with Crippen molar-refractivity contribution in [1.82, 2.24) is 9.62 Å². The van der Waals surface area contributed by atoms with Crippen molar-refractivity contribution in [3.05, 3.63) is 59.0 Å². The number of carbonyl (C=O) groups is 1. The number of halogens is 2. The Morgan fingerprint density at radius 2 is 1.87 bits per heavy atom. The molecule has 1 atom stereocenters. The summed E-state index contributed by atoms with van der Waals surface area (Å²) in [5, 5.41) is 3.74. The van der Waals surface area contributed by atoms with Gasteiger partial charge in [-0.3, -0.25) is 4.79 Å². The summed E-state index contributed by atoms with van der Waals surface area (Å²) < 4.78 is 72.2. The average molecular weight is 587 g/mol. The Hall–Kier alpha value is -2.47. The lowest BCUT2D eigenvalue weighted by Gasteiger charge is -2.35. The maximum Gasteiger partial charge on any atom is 0.258 e. The second-order valence-electron chi connectivity index (χ2n) is 9.31. The summed E-state index contributed by atoms with van der Waals surface area (Å²) in [6, 6.07) is 10.8. The molecule has 2 aromatic rings. The van der Waals surface area contributed by atoms with Crippen LogP contribution in [0.5, 0.6) is 5.75 Å². The van der Waals surface area contributed by atoms with Gasteiger partial charge < -0.3 is 10.1 Å². The van der Waals surface area contributed by atoms with E-state index in [1.165, 1.54) is 25.1 Å². The minimum Gasteiger partial charge on any atom is -0.494 e. The van der Waals surface area contributed by atoms with E-state index in [2.05, 4.69) is 5.32 Å². The molecule has 38 heavy (non-hydrogen) atoms. The minimum absolute atomic E-state index is 0.0184. The monoisotopic (exact) mass is 586 g/mol. The summed E-state index contributed by atoms with van der Waals surface area (Å²) in [4.78, 5) is 12.6. The Kier molecular flexibility index (Phi) is 9.62. The van der Waals surface area contributed by atoms with Gasteiger partial charge in [-0.05, 0) is 49.2 Å². The van der Waals surface area contributed by atoms with Gasteiger partial charge in [-0.15, -0.1) is 0 Å². The van der Waals surface area contributed by atoms with Crippen molar-refractivity contribution in [1.29, 1.82) is 0 Å². The predicted octanol–water partition coefficient (Wildman–Crippen LogP) is 4.35. The number of sulfone groups is 1. The zero-order chi connectivity index (χ0) is 28.1. The van der Waals surface area contributed by atoms with E-state index in [1.54, 1.807) is 30.3 Å². The topological polar surface area (TPSA) is 110 Å². The van der Waals surface area contributed by atoms with E-state index in [9.17, 15) is 21.6 Å². The Morgan fingerprint density at radius 1 is 1.18 bits per heavy atom. The lowest BCUT2D eigenvalue weighted by atomic mass is 9.93. The van der Waals surface area contributed by atoms with Crippen molar-refractivity contribution < 1.29 is 30.8 Å². The lowest BCUT2D eigenvalue weighted by Crippen LogP contribution is -2.53. The molecule has 8 nitrogen and oxygen atoms in total. The first-order chi connectivity index (χ1) is 17.7. The molecule has 0 unspecified atom stereocenters. The largest absolute Gasteiger partial charge is 0.494 e. The summed E-state index contributed by atoms with van der Waals surface area (Å²) in [7, 11) is -7.45. The molecule has 1 aliphatic heterocycles. The number of benzene rings is 2. The average Bonchev–Trinajstić information content (AvgIpc) is 2.86. The fraction of sp³-hybridized carbons (Fsp3) is 0.423. The SMILES string of the molecule is CCCOc1cccc(-c2cc(Cl)ccc2S(=O)(=O)N2CCC(F)(C(=O)N[C@@H](C)/C=C\S(C)(=O)=O)CC2)c1. The molecule has 12 heteroatoms. The summed E-state index contributed by atoms with van der Waals surface area (Å²) >= 11 is 6.22. The summed E-state index contributed by atoms with van der Waals surface area (Å²) in [6.45, 7) is 3.61. The van der Waals surface area contributed by atoms with Crippen LogP contribution in [-0.4, -0.2) is 64.7 Å². The van der Waals surface area contributed by atoms with Gasteiger partial charge in [0.15, 0.2) is 15.5 Å². The molecule has 208 valence electrons. The molecule has 2 aromatic carbocycles. The first-order valence-electron chi connectivity index (χ1n) is 12.2. The van der Waals surface area contributed by atoms with Gasteiger partial charge in [0.1, 0.15) is 5.75 Å². The number of rotatable bonds is 10. The molecule has 1 saturated heterocycles. The van der Waals surface area contributed by atoms with Crippen LogP contribution in [0.25, 0.3) is 11.1 Å². The fourth-order valence-electron chi connectivity index (χ4n) is 4.02. The lowest BCUT2D eigenvalue weighted by molar-refractivity contribution is -0.135. The van der Waals surface area contributed by atoms with Crippen molar-refractivity contribution in [3.63, 3.8) is 0 Å². The Labute approximate surface area is 228 Å². The molecule has 3 rings (SSSR count). The van der Waals surface area contributed by atoms with Gasteiger partial charge >= 0.3 is 0 Å². The van der Waals surface area contributed by atoms with Gasteiger partial charge in [-0.2, -0.15) is 4.31 Å². The van der Waals surface area contributed by atoms with E-state index < -0.39 is 37.5 Å². The van der Waals surface area contributed by atoms with E-state index in [0.29, 0.717) is 28.5 Å². The molecule has 0 radical (unpaired) electrons. The van der Waals surface area contributed by atoms with Crippen LogP contribution in [0.4, 0.5) is 4.39 Å². The van der Waals surface area contributed by atoms with Crippen molar-refractivity contribution in [3.8, 4) is 16.9 Å². The highest BCUT2D eigenvalue weighted by Crippen LogP contribution is 2.36. The molecule has 1 fully saturated rings. The number of amides is 1. The molecule has 0 spiro atoms. The number of ether oxygens (including phenoxy) is 1. The molecule has 1 aliphatic rings. The minimum atomic E-state index is -4.05. The Bertz CT molecular complexity index is 1400. The molecular weight excluding hydrogens is 555 g/mol. The normalized spacial score (nSPS) is 17.3. The highest BCUT2D eigenvalue weighted by Gasteiger charge is 2.44. The van der Waals surface area contributed by atoms with E-state index in [1.807, 2.05) is 6.92 Å². The highest BCUT2D eigenvalue weighted by atomic mass is 35.5. The predicted molar refractivity (Wildman–Crippen MR) is 146 cm³/mol. The van der Waals surface area contributed by atoms with Crippen LogP contribution >= 0.6 is 11.6 Å². The third-order valence-corrected chi connectivity index (χ3v) is 8.92. The van der Waals surface area contributed by atoms with Crippen molar-refractivity contribution in [2.24, 2.45) is 0 Å². The van der Waals surface area contributed by atoms with Crippen molar-refractivity contribution in [2.75, 3.05) is 26.0 Å². The summed E-state index contributed by atoms with van der Waals surface area (Å²) in [5.41, 5.74) is -1.29. The number of nitrogens with one attached hydrogen (secondary N) is 1. The fourth-order valence-corrected chi connectivity index (χ4v) is 6.35. The maximum absolute atomic E-state index is 15.5. The third kappa shape index (κ3) is 7.56. The van der Waals surface area contributed by atoms with Gasteiger partial charge in [0.2, 0.25) is 10.0 Å². The molecule has 1 N–H and O–H groups in total. The first-order valence-corrected chi connectivity index (χ1v) is 15.9. The molecule has 1 heterocycles. The molecule has 1 amide bonds. The number of sulfonamides is 1. The van der Waals surface area contributed by atoms with E-state index in [-0.39, 0.29) is 30.8 Å². The zero-order valence-corrected chi connectivity index (χ0v) is 23.9. The number of piperidine rings is 1. The second kappa shape index (κ2) is 12.1. The molecule has 0 aromatic heterocycles. The van der Waals surface area contributed by atoms with Gasteiger partial charge in [-0.25, -0.2) is 21.2 Å². The Morgan fingerprint density at radius 3 is 2.50 bits per heavy atom. The van der Waals surface area contributed by atoms with Gasteiger partial charge in [0, 0.05) is 54.2 Å². The van der Waals surface area contributed by atoms with Crippen LogP contribution in [0.15, 0.2) is 58.8 Å². The smallest absolute Gasteiger partial charge is 0.258 e. The number of hydrogen-bond acceptors (Lipinski definition) is 6. The van der Waals surface area contributed by atoms with Gasteiger partial charge in [-0.1, -0.05) is 36.7 Å². The molecular formula is C26H32ClFN2O6S2. The number of carbonyl (C=O) groups excluding carboxylic acids is 1. The van der Waals surface area contributed by atoms with E-state index in [0.717, 1.165) is 22.4 Å². The van der Waals surface area contributed by atoms with Crippen molar-refractivity contribution in [2.45, 2.75) is 49.7 Å². The second-order valence-corrected chi connectivity index (χ2v) is 13.6. The van der Waals surface area contributed by atoms with Crippen LogP contribution < -0.4 is 10.1 Å². The van der Waals surface area contributed by atoms with Gasteiger partial charge in [0.05, 0.1) is 11.5 Å². The summed E-state index contributed by atoms with van der Waals surface area (Å²) in [5.74, 6) is -0.309. The summed E-state index contributed by atoms with van der Waals surface area (Å²) in [6.07, 6.45) is 2.39. The first kappa shape index (κ1) is 30.1. The number of alkyl halides is 1. The quantitative estimate of drug-likeness (QED) is 0.443. The van der Waals surface area contributed by atoms with E-state index in [4.69, 9.17) is 16.3 Å². The van der Waals surface area contributed by atoms with E-state index >= 15 is 4.39 Å². The van der Waals surface area contributed by atoms with Crippen molar-refractivity contribution >= 4 is 37.4 Å². The highest BCUT2D eigenvalue weighted by molar-refractivity contribution is 7.93. The number of nitrogens with zero attached hydrogens (tertiary/aromatic N) is 1. The van der Waals surface area contributed by atoms with Crippen LogP contribution in [-0.2, 0) is 24.7 Å². The van der Waals surface area contributed by atoms with Crippen LogP contribution in [0, 0.1) is 0 Å². The molecule has 0 bridgehead atoms. The molecule has 0 saturated carbocycles. The number of hydrogen-bond donors (Lipinski definition) is 1. The molecule has 0 aliphatic carbocycles. The third-order valence-electron chi connectivity index (χ3n) is 6.07. The zero-order valence-electron chi connectivity index (χ0n) is 21.5. The van der Waals surface area contributed by atoms with Crippen LogP contribution in [0.2, 0.25) is 5.02 Å². The van der Waals surface area contributed by atoms with Crippen LogP contribution in [0.1, 0.15) is 33.1 Å². The standard InChI is InChI=1S/C26H32ClFN2O6S2/c1-4-15-36-22-7-5-6-20(17-22)23-18-21(27)8-9-24(23)38(34,35)30-13-11-26(28,12-14-30)25(31)29-19(2)10-16-37(3,32)33/h5-10,16-19H,4,11-15H2,1-3H3,(H,29,31)/b16-10-/t19-/m0/s1. The maximum atomic E-state index is 15.5. The van der Waals surface area contributed by atoms with Gasteiger partial charge in [0.25, 0.3) is 5.91 Å².